The SMILES string of the molecule is O=C(CN1CCN(S(=O)(=O)c2ccc(Cl)cc2)CC1)Nc1cccc([N+](=O)[O-])c1. The summed E-state index contributed by atoms with van der Waals surface area (Å²) in [4.78, 5) is 24.5. The Morgan fingerprint density at radius 3 is 2.38 bits per heavy atom. The van der Waals surface area contributed by atoms with Crippen LogP contribution in [-0.2, 0) is 14.8 Å². The molecule has 11 heteroatoms. The number of nitrogens with zero attached hydrogens (tertiary/aromatic N) is 3. The summed E-state index contributed by atoms with van der Waals surface area (Å²) in [6.07, 6.45) is 0. The van der Waals surface area contributed by atoms with Gasteiger partial charge in [0.15, 0.2) is 0 Å². The topological polar surface area (TPSA) is 113 Å². The Balaban J connectivity index is 1.54. The Kier molecular flexibility index (Phi) is 6.48. The van der Waals surface area contributed by atoms with Gasteiger partial charge in [-0.3, -0.25) is 19.8 Å². The van der Waals surface area contributed by atoms with E-state index in [2.05, 4.69) is 5.32 Å². The predicted molar refractivity (Wildman–Crippen MR) is 108 cm³/mol. The zero-order valence-electron chi connectivity index (χ0n) is 15.3. The smallest absolute Gasteiger partial charge is 0.271 e. The lowest BCUT2D eigenvalue weighted by Crippen LogP contribution is -2.50. The van der Waals surface area contributed by atoms with E-state index in [4.69, 9.17) is 11.6 Å². The molecule has 0 saturated carbocycles. The molecule has 29 heavy (non-hydrogen) atoms. The van der Waals surface area contributed by atoms with Crippen molar-refractivity contribution >= 4 is 38.9 Å². The fourth-order valence-electron chi connectivity index (χ4n) is 2.98. The molecule has 1 fully saturated rings. The summed E-state index contributed by atoms with van der Waals surface area (Å²) in [5, 5.41) is 13.9. The van der Waals surface area contributed by atoms with Gasteiger partial charge >= 0.3 is 0 Å². The summed E-state index contributed by atoms with van der Waals surface area (Å²) in [6, 6.07) is 11.7. The number of nitro benzene ring substituents is 1. The van der Waals surface area contributed by atoms with Gasteiger partial charge in [0.05, 0.1) is 16.4 Å². The number of benzene rings is 2. The van der Waals surface area contributed by atoms with E-state index < -0.39 is 14.9 Å². The summed E-state index contributed by atoms with van der Waals surface area (Å²) in [5.41, 5.74) is 0.233. The first-order chi connectivity index (χ1) is 13.8. The minimum Gasteiger partial charge on any atom is -0.325 e. The Bertz CT molecular complexity index is 1010. The molecule has 1 amide bonds. The van der Waals surface area contributed by atoms with Crippen molar-refractivity contribution in [2.24, 2.45) is 0 Å². The van der Waals surface area contributed by atoms with Crippen molar-refractivity contribution in [2.45, 2.75) is 4.90 Å². The molecule has 154 valence electrons. The van der Waals surface area contributed by atoms with Gasteiger partial charge in [-0.15, -0.1) is 0 Å². The van der Waals surface area contributed by atoms with E-state index in [1.807, 2.05) is 4.90 Å². The van der Waals surface area contributed by atoms with Gasteiger partial charge in [-0.05, 0) is 30.3 Å². The largest absolute Gasteiger partial charge is 0.325 e. The van der Waals surface area contributed by atoms with E-state index in [9.17, 15) is 23.3 Å². The molecule has 3 rings (SSSR count). The number of carbonyl (C=O) groups is 1. The molecule has 0 aliphatic carbocycles. The molecule has 1 heterocycles. The second-order valence-corrected chi connectivity index (χ2v) is 8.86. The molecule has 1 aliphatic rings. The molecule has 2 aromatic carbocycles. The van der Waals surface area contributed by atoms with Crippen LogP contribution < -0.4 is 5.32 Å². The highest BCUT2D eigenvalue weighted by atomic mass is 35.5. The van der Waals surface area contributed by atoms with E-state index in [1.165, 1.54) is 46.8 Å². The highest BCUT2D eigenvalue weighted by Gasteiger charge is 2.29. The average Bonchev–Trinajstić information content (AvgIpc) is 2.69. The molecule has 0 unspecified atom stereocenters. The van der Waals surface area contributed by atoms with Crippen LogP contribution in [0, 0.1) is 10.1 Å². The van der Waals surface area contributed by atoms with E-state index >= 15 is 0 Å². The zero-order chi connectivity index (χ0) is 21.0. The molecule has 0 bridgehead atoms. The van der Waals surface area contributed by atoms with Crippen LogP contribution in [0.25, 0.3) is 0 Å². The van der Waals surface area contributed by atoms with E-state index in [0.717, 1.165) is 0 Å². The number of piperazine rings is 1. The second kappa shape index (κ2) is 8.87. The second-order valence-electron chi connectivity index (χ2n) is 6.49. The standard InChI is InChI=1S/C18H19ClN4O5S/c19-14-4-6-17(7-5-14)29(27,28)22-10-8-21(9-11-22)13-18(24)20-15-2-1-3-16(12-15)23(25)26/h1-7,12H,8-11,13H2,(H,20,24). The number of hydrogen-bond acceptors (Lipinski definition) is 6. The van der Waals surface area contributed by atoms with Crippen LogP contribution in [0.1, 0.15) is 0 Å². The fourth-order valence-corrected chi connectivity index (χ4v) is 4.53. The van der Waals surface area contributed by atoms with Crippen LogP contribution in [0.3, 0.4) is 0 Å². The lowest BCUT2D eigenvalue weighted by atomic mass is 10.2. The summed E-state index contributed by atoms with van der Waals surface area (Å²) in [6.45, 7) is 1.38. The van der Waals surface area contributed by atoms with Crippen molar-refractivity contribution in [2.75, 3.05) is 38.0 Å². The third kappa shape index (κ3) is 5.30. The first-order valence-corrected chi connectivity index (χ1v) is 10.6. The van der Waals surface area contributed by atoms with Crippen molar-refractivity contribution in [3.63, 3.8) is 0 Å². The Labute approximate surface area is 173 Å². The Hall–Kier alpha value is -2.53. The Morgan fingerprint density at radius 2 is 1.76 bits per heavy atom. The first kappa shape index (κ1) is 21.2. The van der Waals surface area contributed by atoms with Crippen LogP contribution in [0.5, 0.6) is 0 Å². The van der Waals surface area contributed by atoms with Gasteiger partial charge in [-0.25, -0.2) is 8.42 Å². The molecule has 2 aromatic rings. The van der Waals surface area contributed by atoms with Gasteiger partial charge in [0.25, 0.3) is 5.69 Å². The van der Waals surface area contributed by atoms with E-state index in [-0.39, 0.29) is 36.1 Å². The summed E-state index contributed by atoms with van der Waals surface area (Å²) in [5.74, 6) is -0.320. The molecule has 1 N–H and O–H groups in total. The minimum absolute atomic E-state index is 0.0670. The third-order valence-electron chi connectivity index (χ3n) is 4.49. The maximum atomic E-state index is 12.7. The quantitative estimate of drug-likeness (QED) is 0.546. The first-order valence-electron chi connectivity index (χ1n) is 8.78. The van der Waals surface area contributed by atoms with Gasteiger partial charge in [0.1, 0.15) is 0 Å². The number of carbonyl (C=O) groups excluding carboxylic acids is 1. The molecule has 1 saturated heterocycles. The van der Waals surface area contributed by atoms with Crippen molar-refractivity contribution in [3.8, 4) is 0 Å². The van der Waals surface area contributed by atoms with Crippen LogP contribution in [-0.4, -0.2) is 61.2 Å². The highest BCUT2D eigenvalue weighted by Crippen LogP contribution is 2.20. The van der Waals surface area contributed by atoms with Crippen molar-refractivity contribution in [1.82, 2.24) is 9.21 Å². The predicted octanol–water partition coefficient (Wildman–Crippen LogP) is 2.19. The van der Waals surface area contributed by atoms with Gasteiger partial charge in [-0.1, -0.05) is 17.7 Å². The maximum absolute atomic E-state index is 12.7. The lowest BCUT2D eigenvalue weighted by Gasteiger charge is -2.33. The average molecular weight is 439 g/mol. The number of non-ortho nitro benzene ring substituents is 1. The van der Waals surface area contributed by atoms with Crippen LogP contribution in [0.15, 0.2) is 53.4 Å². The zero-order valence-corrected chi connectivity index (χ0v) is 16.9. The van der Waals surface area contributed by atoms with Crippen LogP contribution >= 0.6 is 11.6 Å². The minimum atomic E-state index is -3.61. The molecule has 1 aliphatic heterocycles. The monoisotopic (exact) mass is 438 g/mol. The van der Waals surface area contributed by atoms with Crippen molar-refractivity contribution in [1.29, 1.82) is 0 Å². The molecule has 0 atom stereocenters. The lowest BCUT2D eigenvalue weighted by molar-refractivity contribution is -0.384. The number of anilines is 1. The number of nitro groups is 1. The number of sulfonamides is 1. The normalized spacial score (nSPS) is 15.8. The molecule has 0 aromatic heterocycles. The molecule has 9 nitrogen and oxygen atoms in total. The van der Waals surface area contributed by atoms with Crippen molar-refractivity contribution in [3.05, 3.63) is 63.7 Å². The number of rotatable bonds is 6. The molecular formula is C18H19ClN4O5S. The van der Waals surface area contributed by atoms with Crippen LogP contribution in [0.2, 0.25) is 5.02 Å². The highest BCUT2D eigenvalue weighted by molar-refractivity contribution is 7.89. The molecular weight excluding hydrogens is 420 g/mol. The van der Waals surface area contributed by atoms with E-state index in [1.54, 1.807) is 6.07 Å². The fraction of sp³-hybridized carbons (Fsp3) is 0.278. The summed E-state index contributed by atoms with van der Waals surface area (Å²) < 4.78 is 26.8. The summed E-state index contributed by atoms with van der Waals surface area (Å²) >= 11 is 5.81. The number of halogens is 1. The van der Waals surface area contributed by atoms with Gasteiger partial charge in [-0.2, -0.15) is 4.31 Å². The van der Waals surface area contributed by atoms with Crippen molar-refractivity contribution < 1.29 is 18.1 Å². The molecule has 0 radical (unpaired) electrons. The van der Waals surface area contributed by atoms with Gasteiger partial charge in [0.2, 0.25) is 15.9 Å². The third-order valence-corrected chi connectivity index (χ3v) is 6.66. The summed E-state index contributed by atoms with van der Waals surface area (Å²) in [7, 11) is -3.61. The number of hydrogen-bond donors (Lipinski definition) is 1. The molecule has 0 spiro atoms. The van der Waals surface area contributed by atoms with Gasteiger partial charge < -0.3 is 5.32 Å². The Morgan fingerprint density at radius 1 is 1.10 bits per heavy atom. The van der Waals surface area contributed by atoms with Gasteiger partial charge in [0, 0.05) is 49.0 Å². The number of nitrogens with one attached hydrogen (secondary N) is 1. The number of amides is 1. The van der Waals surface area contributed by atoms with Crippen LogP contribution in [0.4, 0.5) is 11.4 Å². The van der Waals surface area contributed by atoms with E-state index in [0.29, 0.717) is 23.8 Å². The maximum Gasteiger partial charge on any atom is 0.271 e.